The average molecular weight is 305 g/mol. The summed E-state index contributed by atoms with van der Waals surface area (Å²) in [6.45, 7) is 1.24. The minimum atomic E-state index is -3.32. The lowest BCUT2D eigenvalue weighted by Crippen LogP contribution is -2.29. The normalized spacial score (nSPS) is 35.6. The van der Waals surface area contributed by atoms with E-state index in [1.807, 2.05) is 30.3 Å². The van der Waals surface area contributed by atoms with Crippen LogP contribution in [0, 0.1) is 11.8 Å². The quantitative estimate of drug-likeness (QED) is 0.859. The molecule has 0 aliphatic carbocycles. The van der Waals surface area contributed by atoms with Gasteiger partial charge >= 0.3 is 0 Å². The van der Waals surface area contributed by atoms with E-state index < -0.39 is 10.0 Å². The summed E-state index contributed by atoms with van der Waals surface area (Å²) in [6.07, 6.45) is 4.45. The summed E-state index contributed by atoms with van der Waals surface area (Å²) in [5.41, 5.74) is 0.906. The van der Waals surface area contributed by atoms with Crippen molar-refractivity contribution in [2.24, 2.45) is 11.8 Å². The Morgan fingerprint density at radius 3 is 2.29 bits per heavy atom. The van der Waals surface area contributed by atoms with Gasteiger partial charge in [-0.2, -0.15) is 4.31 Å². The van der Waals surface area contributed by atoms with Gasteiger partial charge in [0.25, 0.3) is 0 Å². The number of hydrogen-bond donors (Lipinski definition) is 0. The van der Waals surface area contributed by atoms with Gasteiger partial charge in [0.05, 0.1) is 12.2 Å². The highest BCUT2D eigenvalue weighted by atomic mass is 32.2. The molecule has 3 heterocycles. The van der Waals surface area contributed by atoms with E-state index in [0.29, 0.717) is 37.1 Å². The number of hydrogen-bond acceptors (Lipinski definition) is 3. The Hall–Kier alpha value is -1.17. The highest BCUT2D eigenvalue weighted by Crippen LogP contribution is 2.47. The summed E-state index contributed by atoms with van der Waals surface area (Å²) in [6, 6.07) is 9.53. The van der Waals surface area contributed by atoms with E-state index in [9.17, 15) is 8.42 Å². The molecule has 5 heteroatoms. The molecule has 112 valence electrons. The third-order valence-corrected chi connectivity index (χ3v) is 6.51. The predicted molar refractivity (Wildman–Crippen MR) is 80.8 cm³/mol. The van der Waals surface area contributed by atoms with Gasteiger partial charge in [0.1, 0.15) is 0 Å². The Balaban J connectivity index is 1.50. The Kier molecular flexibility index (Phi) is 3.17. The van der Waals surface area contributed by atoms with Gasteiger partial charge in [0, 0.05) is 30.3 Å². The van der Waals surface area contributed by atoms with Crippen LogP contribution < -0.4 is 0 Å². The number of nitrogens with zero attached hydrogens (tertiary/aromatic N) is 1. The largest absolute Gasteiger partial charge is 0.374 e. The molecule has 3 aliphatic rings. The maximum Gasteiger partial charge on any atom is 0.236 e. The highest BCUT2D eigenvalue weighted by Gasteiger charge is 2.54. The molecular formula is C16H19NO3S. The molecule has 4 rings (SSSR count). The summed E-state index contributed by atoms with van der Waals surface area (Å²) in [4.78, 5) is 0. The summed E-state index contributed by atoms with van der Waals surface area (Å²) < 4.78 is 32.5. The minimum absolute atomic E-state index is 0.290. The number of benzene rings is 1. The molecule has 1 aromatic carbocycles. The number of rotatable bonds is 3. The van der Waals surface area contributed by atoms with Crippen molar-refractivity contribution >= 4 is 16.1 Å². The van der Waals surface area contributed by atoms with Crippen LogP contribution in [0.5, 0.6) is 0 Å². The Morgan fingerprint density at radius 2 is 1.67 bits per heavy atom. The molecule has 4 nitrogen and oxygen atoms in total. The van der Waals surface area contributed by atoms with Gasteiger partial charge in [-0.05, 0) is 24.5 Å². The monoisotopic (exact) mass is 305 g/mol. The first kappa shape index (κ1) is 13.5. The Bertz CT molecular complexity index is 637. The van der Waals surface area contributed by atoms with Crippen molar-refractivity contribution in [1.29, 1.82) is 0 Å². The number of ether oxygens (including phenoxy) is 1. The lowest BCUT2D eigenvalue weighted by molar-refractivity contribution is 0.0780. The zero-order valence-electron chi connectivity index (χ0n) is 11.8. The average Bonchev–Trinajstić information content (AvgIpc) is 3.18. The predicted octanol–water partition coefficient (Wildman–Crippen LogP) is 2.10. The third-order valence-electron chi connectivity index (χ3n) is 5.01. The lowest BCUT2D eigenvalue weighted by atomic mass is 9.82. The van der Waals surface area contributed by atoms with Crippen molar-refractivity contribution in [2.75, 3.05) is 13.1 Å². The van der Waals surface area contributed by atoms with Crippen molar-refractivity contribution in [3.63, 3.8) is 0 Å². The van der Waals surface area contributed by atoms with Gasteiger partial charge in [0.15, 0.2) is 0 Å². The van der Waals surface area contributed by atoms with Crippen LogP contribution in [0.1, 0.15) is 18.4 Å². The van der Waals surface area contributed by atoms with Crippen LogP contribution in [-0.4, -0.2) is 38.0 Å². The molecule has 3 aliphatic heterocycles. The fraction of sp³-hybridized carbons (Fsp3) is 0.500. The fourth-order valence-corrected chi connectivity index (χ4v) is 5.20. The van der Waals surface area contributed by atoms with Crippen molar-refractivity contribution in [3.8, 4) is 0 Å². The van der Waals surface area contributed by atoms with Gasteiger partial charge in [-0.3, -0.25) is 0 Å². The zero-order valence-corrected chi connectivity index (χ0v) is 12.6. The molecule has 0 radical (unpaired) electrons. The van der Waals surface area contributed by atoms with Gasteiger partial charge < -0.3 is 4.74 Å². The van der Waals surface area contributed by atoms with Gasteiger partial charge in [-0.1, -0.05) is 30.3 Å². The molecule has 4 atom stereocenters. The molecule has 2 bridgehead atoms. The van der Waals surface area contributed by atoms with Crippen molar-refractivity contribution in [3.05, 3.63) is 41.3 Å². The van der Waals surface area contributed by atoms with Crippen LogP contribution in [0.3, 0.4) is 0 Å². The Morgan fingerprint density at radius 1 is 1.05 bits per heavy atom. The van der Waals surface area contributed by atoms with E-state index in [2.05, 4.69) is 0 Å². The SMILES string of the molecule is O=S(=O)(/C=C\c1ccccc1)N1C[C@@H]2[C@H](C1)[C@H]1CC[C@H]2O1. The standard InChI is InChI=1S/C16H19NO3S/c18-21(19,9-8-12-4-2-1-3-5-12)17-10-13-14(11-17)16-7-6-15(13)20-16/h1-5,8-9,13-16H,6-7,10-11H2/b9-8-/t13-,14+,15-,16-/m1/s1. The number of sulfonamides is 1. The maximum absolute atomic E-state index is 12.5. The van der Waals surface area contributed by atoms with Crippen molar-refractivity contribution in [2.45, 2.75) is 25.0 Å². The van der Waals surface area contributed by atoms with E-state index in [0.717, 1.165) is 18.4 Å². The minimum Gasteiger partial charge on any atom is -0.374 e. The second-order valence-corrected chi connectivity index (χ2v) is 8.01. The molecule has 0 aromatic heterocycles. The summed E-state index contributed by atoms with van der Waals surface area (Å²) in [7, 11) is -3.32. The van der Waals surface area contributed by atoms with E-state index >= 15 is 0 Å². The second-order valence-electron chi connectivity index (χ2n) is 6.19. The molecule has 1 aromatic rings. The van der Waals surface area contributed by atoms with E-state index in [4.69, 9.17) is 4.74 Å². The molecule has 0 unspecified atom stereocenters. The van der Waals surface area contributed by atoms with Crippen LogP contribution in [0.25, 0.3) is 6.08 Å². The molecule has 0 amide bonds. The summed E-state index contributed by atoms with van der Waals surface area (Å²) in [5.74, 6) is 0.812. The van der Waals surface area contributed by atoms with Crippen LogP contribution in [-0.2, 0) is 14.8 Å². The first-order chi connectivity index (χ1) is 10.1. The van der Waals surface area contributed by atoms with Gasteiger partial charge in [0.2, 0.25) is 10.0 Å². The first-order valence-electron chi connectivity index (χ1n) is 7.52. The summed E-state index contributed by atoms with van der Waals surface area (Å²) >= 11 is 0. The molecule has 21 heavy (non-hydrogen) atoms. The lowest BCUT2D eigenvalue weighted by Gasteiger charge is -2.18. The maximum atomic E-state index is 12.5. The van der Waals surface area contributed by atoms with Crippen LogP contribution in [0.4, 0.5) is 0 Å². The van der Waals surface area contributed by atoms with Crippen LogP contribution >= 0.6 is 0 Å². The molecule has 0 spiro atoms. The summed E-state index contributed by atoms with van der Waals surface area (Å²) in [5, 5.41) is 1.34. The fourth-order valence-electron chi connectivity index (χ4n) is 3.94. The van der Waals surface area contributed by atoms with Crippen molar-refractivity contribution < 1.29 is 13.2 Å². The van der Waals surface area contributed by atoms with Crippen LogP contribution in [0.15, 0.2) is 35.7 Å². The van der Waals surface area contributed by atoms with E-state index in [-0.39, 0.29) is 0 Å². The Labute approximate surface area is 125 Å². The second kappa shape index (κ2) is 4.93. The first-order valence-corrected chi connectivity index (χ1v) is 9.02. The molecule has 3 saturated heterocycles. The number of fused-ring (bicyclic) bond motifs is 5. The van der Waals surface area contributed by atoms with Gasteiger partial charge in [-0.15, -0.1) is 0 Å². The molecular weight excluding hydrogens is 286 g/mol. The molecule has 3 fully saturated rings. The third kappa shape index (κ3) is 2.33. The zero-order chi connectivity index (χ0) is 14.4. The smallest absolute Gasteiger partial charge is 0.236 e. The van der Waals surface area contributed by atoms with Crippen molar-refractivity contribution in [1.82, 2.24) is 4.31 Å². The highest BCUT2D eigenvalue weighted by molar-refractivity contribution is 7.92. The van der Waals surface area contributed by atoms with Crippen LogP contribution in [0.2, 0.25) is 0 Å². The van der Waals surface area contributed by atoms with E-state index in [1.54, 1.807) is 10.4 Å². The van der Waals surface area contributed by atoms with Gasteiger partial charge in [-0.25, -0.2) is 8.42 Å². The topological polar surface area (TPSA) is 46.6 Å². The molecule has 0 saturated carbocycles. The van der Waals surface area contributed by atoms with E-state index in [1.165, 1.54) is 5.41 Å². The molecule has 0 N–H and O–H groups in total.